The summed E-state index contributed by atoms with van der Waals surface area (Å²) in [6.07, 6.45) is 0. The maximum Gasteiger partial charge on any atom is 0.354 e. The number of nitro benzene ring substituents is 2. The minimum Gasteiger partial charge on any atom is -0.258 e. The van der Waals surface area contributed by atoms with E-state index in [1.807, 2.05) is 42.5 Å². The van der Waals surface area contributed by atoms with E-state index in [4.69, 9.17) is 0 Å². The van der Waals surface area contributed by atoms with Crippen LogP contribution in [0, 0.1) is 20.2 Å². The van der Waals surface area contributed by atoms with Crippen LogP contribution in [0.15, 0.2) is 60.7 Å². The molecule has 0 heterocycles. The maximum atomic E-state index is 11.8. The van der Waals surface area contributed by atoms with Crippen LogP contribution in [0.3, 0.4) is 0 Å². The zero-order valence-corrected chi connectivity index (χ0v) is 13.3. The third-order valence-electron chi connectivity index (χ3n) is 4.96. The van der Waals surface area contributed by atoms with Gasteiger partial charge in [-0.05, 0) is 32.3 Å². The lowest BCUT2D eigenvalue weighted by Crippen LogP contribution is -1.99. The summed E-state index contributed by atoms with van der Waals surface area (Å²) in [5, 5.41) is 29.3. The van der Waals surface area contributed by atoms with Gasteiger partial charge >= 0.3 is 11.4 Å². The first-order chi connectivity index (χ1) is 12.6. The topological polar surface area (TPSA) is 86.3 Å². The lowest BCUT2D eigenvalue weighted by Gasteiger charge is -2.14. The SMILES string of the molecule is O=[N+]([O-])c1cc2cccc3c4cccc5cccc(c(c1[N+](=O)[O-])c23)c54. The van der Waals surface area contributed by atoms with Gasteiger partial charge in [-0.15, -0.1) is 0 Å². The van der Waals surface area contributed by atoms with Gasteiger partial charge in [-0.25, -0.2) is 0 Å². The van der Waals surface area contributed by atoms with Gasteiger partial charge in [0.1, 0.15) is 0 Å². The van der Waals surface area contributed by atoms with E-state index in [-0.39, 0.29) is 0 Å². The van der Waals surface area contributed by atoms with E-state index in [2.05, 4.69) is 0 Å². The van der Waals surface area contributed by atoms with E-state index in [9.17, 15) is 20.2 Å². The molecule has 5 aromatic carbocycles. The summed E-state index contributed by atoms with van der Waals surface area (Å²) in [6.45, 7) is 0. The first kappa shape index (κ1) is 14.5. The third kappa shape index (κ3) is 1.70. The van der Waals surface area contributed by atoms with Crippen LogP contribution >= 0.6 is 0 Å². The Balaban J connectivity index is 2.26. The van der Waals surface area contributed by atoms with Gasteiger partial charge in [0.25, 0.3) is 0 Å². The van der Waals surface area contributed by atoms with Crippen molar-refractivity contribution in [3.05, 3.63) is 80.9 Å². The third-order valence-corrected chi connectivity index (χ3v) is 4.96. The molecule has 0 spiro atoms. The van der Waals surface area contributed by atoms with Crippen LogP contribution in [0.5, 0.6) is 0 Å². The summed E-state index contributed by atoms with van der Waals surface area (Å²) in [5.41, 5.74) is -0.928. The predicted molar refractivity (Wildman–Crippen MR) is 101 cm³/mol. The monoisotopic (exact) mass is 342 g/mol. The second-order valence-electron chi connectivity index (χ2n) is 6.25. The largest absolute Gasteiger partial charge is 0.354 e. The first-order valence-electron chi connectivity index (χ1n) is 7.99. The fourth-order valence-electron chi connectivity index (χ4n) is 4.02. The molecule has 0 radical (unpaired) electrons. The van der Waals surface area contributed by atoms with Gasteiger partial charge < -0.3 is 0 Å². The molecule has 6 nitrogen and oxygen atoms in total. The minimum absolute atomic E-state index is 0.333. The molecular weight excluding hydrogens is 332 g/mol. The number of fused-ring (bicyclic) bond motifs is 2. The van der Waals surface area contributed by atoms with E-state index in [0.29, 0.717) is 21.5 Å². The zero-order chi connectivity index (χ0) is 18.0. The Morgan fingerprint density at radius 2 is 1.19 bits per heavy atom. The highest BCUT2D eigenvalue weighted by Gasteiger charge is 2.31. The number of rotatable bonds is 2. The van der Waals surface area contributed by atoms with Crippen LogP contribution in [0.2, 0.25) is 0 Å². The van der Waals surface area contributed by atoms with E-state index in [1.54, 1.807) is 12.1 Å². The Hall–Kier alpha value is -3.80. The van der Waals surface area contributed by atoms with Crippen molar-refractivity contribution < 1.29 is 9.85 Å². The second-order valence-corrected chi connectivity index (χ2v) is 6.25. The normalized spacial score (nSPS) is 11.7. The van der Waals surface area contributed by atoms with Gasteiger partial charge in [0, 0.05) is 11.5 Å². The van der Waals surface area contributed by atoms with Gasteiger partial charge in [-0.2, -0.15) is 0 Å². The van der Waals surface area contributed by atoms with Gasteiger partial charge in [0.15, 0.2) is 0 Å². The summed E-state index contributed by atoms with van der Waals surface area (Å²) in [6, 6.07) is 18.2. The molecule has 5 rings (SSSR count). The van der Waals surface area contributed by atoms with Crippen molar-refractivity contribution in [2.24, 2.45) is 0 Å². The highest BCUT2D eigenvalue weighted by molar-refractivity contribution is 6.35. The Labute approximate surface area is 145 Å². The summed E-state index contributed by atoms with van der Waals surface area (Å²) < 4.78 is 0. The van der Waals surface area contributed by atoms with E-state index in [0.717, 1.165) is 21.5 Å². The summed E-state index contributed by atoms with van der Waals surface area (Å²) in [5.74, 6) is 0. The standard InChI is InChI=1S/C20H10N2O4/c23-21(24)16-10-12-6-3-8-14-13-7-1-4-11-5-2-9-15(17(11)13)19(18(12)14)20(16)22(25)26/h1-10H. The summed E-state index contributed by atoms with van der Waals surface area (Å²) >= 11 is 0. The van der Waals surface area contributed by atoms with E-state index < -0.39 is 21.2 Å². The number of nitrogens with zero attached hydrogens (tertiary/aromatic N) is 2. The molecule has 5 aromatic rings. The van der Waals surface area contributed by atoms with Crippen LogP contribution < -0.4 is 0 Å². The molecule has 0 aromatic heterocycles. The Morgan fingerprint density at radius 3 is 1.81 bits per heavy atom. The van der Waals surface area contributed by atoms with Gasteiger partial charge in [0.2, 0.25) is 0 Å². The fraction of sp³-hybridized carbons (Fsp3) is 0. The molecule has 124 valence electrons. The van der Waals surface area contributed by atoms with Crippen molar-refractivity contribution >= 4 is 54.5 Å². The molecule has 0 fully saturated rings. The predicted octanol–water partition coefficient (Wildman–Crippen LogP) is 5.55. The van der Waals surface area contributed by atoms with Gasteiger partial charge in [0.05, 0.1) is 15.2 Å². The van der Waals surface area contributed by atoms with Crippen molar-refractivity contribution in [2.45, 2.75) is 0 Å². The summed E-state index contributed by atoms with van der Waals surface area (Å²) in [7, 11) is 0. The van der Waals surface area contributed by atoms with Crippen LogP contribution in [-0.2, 0) is 0 Å². The molecule has 0 amide bonds. The van der Waals surface area contributed by atoms with Crippen LogP contribution in [-0.4, -0.2) is 9.85 Å². The molecule has 26 heavy (non-hydrogen) atoms. The molecule has 6 heteroatoms. The number of benzene rings is 5. The van der Waals surface area contributed by atoms with Crippen molar-refractivity contribution in [1.29, 1.82) is 0 Å². The molecule has 0 bridgehead atoms. The van der Waals surface area contributed by atoms with Gasteiger partial charge in [-0.1, -0.05) is 54.6 Å². The summed E-state index contributed by atoms with van der Waals surface area (Å²) in [4.78, 5) is 22.0. The zero-order valence-electron chi connectivity index (χ0n) is 13.3. The van der Waals surface area contributed by atoms with Crippen LogP contribution in [0.25, 0.3) is 43.1 Å². The van der Waals surface area contributed by atoms with Crippen LogP contribution in [0.1, 0.15) is 0 Å². The first-order valence-corrected chi connectivity index (χ1v) is 7.99. The fourth-order valence-corrected chi connectivity index (χ4v) is 4.02. The van der Waals surface area contributed by atoms with E-state index in [1.165, 1.54) is 6.07 Å². The Kier molecular flexibility index (Phi) is 2.72. The highest BCUT2D eigenvalue weighted by atomic mass is 16.6. The quantitative estimate of drug-likeness (QED) is 0.182. The second kappa shape index (κ2) is 4.86. The van der Waals surface area contributed by atoms with Crippen molar-refractivity contribution in [1.82, 2.24) is 0 Å². The molecule has 0 aliphatic heterocycles. The molecule has 0 saturated heterocycles. The molecule has 0 atom stereocenters. The Bertz CT molecular complexity index is 1390. The molecule has 0 saturated carbocycles. The molecular formula is C20H10N2O4. The van der Waals surface area contributed by atoms with E-state index >= 15 is 0 Å². The highest BCUT2D eigenvalue weighted by Crippen LogP contribution is 2.47. The van der Waals surface area contributed by atoms with Crippen molar-refractivity contribution in [2.75, 3.05) is 0 Å². The van der Waals surface area contributed by atoms with Crippen LogP contribution in [0.4, 0.5) is 11.4 Å². The lowest BCUT2D eigenvalue weighted by atomic mass is 9.88. The average molecular weight is 342 g/mol. The average Bonchev–Trinajstić information content (AvgIpc) is 2.64. The Morgan fingerprint density at radius 1 is 0.615 bits per heavy atom. The molecule has 0 N–H and O–H groups in total. The van der Waals surface area contributed by atoms with Gasteiger partial charge in [-0.3, -0.25) is 20.2 Å². The number of hydrogen-bond donors (Lipinski definition) is 0. The lowest BCUT2D eigenvalue weighted by molar-refractivity contribution is -0.421. The number of hydrogen-bond acceptors (Lipinski definition) is 4. The van der Waals surface area contributed by atoms with Crippen molar-refractivity contribution in [3.8, 4) is 0 Å². The molecule has 0 aliphatic carbocycles. The smallest absolute Gasteiger partial charge is 0.258 e. The molecule has 0 aliphatic rings. The number of nitro groups is 2. The van der Waals surface area contributed by atoms with Crippen molar-refractivity contribution in [3.63, 3.8) is 0 Å². The molecule has 0 unspecified atom stereocenters. The minimum atomic E-state index is -0.679. The maximum absolute atomic E-state index is 11.8.